The molecule has 0 spiro atoms. The minimum absolute atomic E-state index is 0.216. The van der Waals surface area contributed by atoms with Crippen LogP contribution in [0.4, 0.5) is 0 Å². The molecule has 17 heavy (non-hydrogen) atoms. The van der Waals surface area contributed by atoms with E-state index in [-0.39, 0.29) is 17.5 Å². The summed E-state index contributed by atoms with van der Waals surface area (Å²) < 4.78 is 24.8. The first-order valence-electron chi connectivity index (χ1n) is 6.00. The second-order valence-electron chi connectivity index (χ2n) is 4.74. The Hall–Kier alpha value is -0.950. The molecule has 3 heterocycles. The van der Waals surface area contributed by atoms with Crippen LogP contribution in [0.1, 0.15) is 30.3 Å². The number of rotatable bonds is 1. The van der Waals surface area contributed by atoms with Crippen LogP contribution >= 0.6 is 0 Å². The van der Waals surface area contributed by atoms with Crippen LogP contribution in [0, 0.1) is 0 Å². The Kier molecular flexibility index (Phi) is 2.67. The molecule has 0 radical (unpaired) electrons. The number of aromatic nitrogens is 3. The average molecular weight is 256 g/mol. The zero-order valence-electron chi connectivity index (χ0n) is 9.59. The molecule has 0 aliphatic carbocycles. The van der Waals surface area contributed by atoms with E-state index in [1.165, 1.54) is 5.69 Å². The molecule has 1 aromatic rings. The molecule has 0 amide bonds. The second kappa shape index (κ2) is 4.06. The normalized spacial score (nSPS) is 24.5. The summed E-state index contributed by atoms with van der Waals surface area (Å²) in [6.07, 6.45) is 2.28. The van der Waals surface area contributed by atoms with Gasteiger partial charge in [-0.3, -0.25) is 0 Å². The Balaban J connectivity index is 1.83. The van der Waals surface area contributed by atoms with Crippen LogP contribution in [-0.2, 0) is 22.8 Å². The van der Waals surface area contributed by atoms with Crippen LogP contribution in [0.2, 0.25) is 0 Å². The molecule has 2 aliphatic rings. The lowest BCUT2D eigenvalue weighted by Crippen LogP contribution is -2.30. The number of hydrogen-bond acceptors (Lipinski definition) is 5. The fraction of sp³-hybridized carbons (Fsp3) is 0.800. The highest BCUT2D eigenvalue weighted by molar-refractivity contribution is 7.91. The summed E-state index contributed by atoms with van der Waals surface area (Å²) in [4.78, 5) is 0. The highest BCUT2D eigenvalue weighted by atomic mass is 32.2. The maximum atomic E-state index is 11.4. The Morgan fingerprint density at radius 3 is 2.82 bits per heavy atom. The molecule has 94 valence electrons. The highest BCUT2D eigenvalue weighted by Crippen LogP contribution is 2.26. The van der Waals surface area contributed by atoms with Gasteiger partial charge in [-0.2, -0.15) is 0 Å². The summed E-state index contributed by atoms with van der Waals surface area (Å²) in [6, 6.07) is 0.216. The van der Waals surface area contributed by atoms with Crippen LogP contribution in [0.25, 0.3) is 0 Å². The predicted octanol–water partition coefficient (Wildman–Crippen LogP) is -0.327. The monoisotopic (exact) mass is 256 g/mol. The van der Waals surface area contributed by atoms with Gasteiger partial charge in [0.2, 0.25) is 0 Å². The van der Waals surface area contributed by atoms with Gasteiger partial charge in [-0.25, -0.2) is 13.1 Å². The molecule has 1 N–H and O–H groups in total. The van der Waals surface area contributed by atoms with Gasteiger partial charge in [-0.1, -0.05) is 5.21 Å². The Bertz CT molecular complexity index is 508. The summed E-state index contributed by atoms with van der Waals surface area (Å²) >= 11 is 0. The maximum Gasteiger partial charge on any atom is 0.150 e. The second-order valence-corrected chi connectivity index (χ2v) is 7.04. The van der Waals surface area contributed by atoms with E-state index >= 15 is 0 Å². The summed E-state index contributed by atoms with van der Waals surface area (Å²) in [5, 5.41) is 11.6. The fourth-order valence-corrected chi connectivity index (χ4v) is 4.04. The van der Waals surface area contributed by atoms with Gasteiger partial charge in [0.05, 0.1) is 28.9 Å². The van der Waals surface area contributed by atoms with Crippen molar-refractivity contribution in [1.82, 2.24) is 20.3 Å². The smallest absolute Gasteiger partial charge is 0.150 e. The molecule has 1 saturated heterocycles. The maximum absolute atomic E-state index is 11.4. The number of sulfone groups is 1. The van der Waals surface area contributed by atoms with Crippen LogP contribution in [0.3, 0.4) is 0 Å². The van der Waals surface area contributed by atoms with Gasteiger partial charge in [0.25, 0.3) is 0 Å². The third-order valence-corrected chi connectivity index (χ3v) is 5.29. The van der Waals surface area contributed by atoms with E-state index in [9.17, 15) is 8.42 Å². The van der Waals surface area contributed by atoms with Gasteiger partial charge in [0.1, 0.15) is 9.84 Å². The average Bonchev–Trinajstić information content (AvgIpc) is 2.73. The Morgan fingerprint density at radius 1 is 1.29 bits per heavy atom. The molecular weight excluding hydrogens is 240 g/mol. The Morgan fingerprint density at radius 2 is 2.06 bits per heavy atom. The van der Waals surface area contributed by atoms with Gasteiger partial charge >= 0.3 is 0 Å². The zero-order chi connectivity index (χ0) is 11.9. The number of hydrogen-bond donors (Lipinski definition) is 1. The molecule has 1 fully saturated rings. The highest BCUT2D eigenvalue weighted by Gasteiger charge is 2.28. The van der Waals surface area contributed by atoms with Crippen LogP contribution < -0.4 is 5.32 Å². The molecule has 0 atom stereocenters. The van der Waals surface area contributed by atoms with E-state index in [1.54, 1.807) is 0 Å². The van der Waals surface area contributed by atoms with E-state index < -0.39 is 9.84 Å². The molecule has 0 bridgehead atoms. The summed E-state index contributed by atoms with van der Waals surface area (Å²) in [5.41, 5.74) is 2.21. The molecule has 7 heteroatoms. The van der Waals surface area contributed by atoms with Crippen molar-refractivity contribution < 1.29 is 8.42 Å². The van der Waals surface area contributed by atoms with Crippen LogP contribution in [0.5, 0.6) is 0 Å². The SMILES string of the molecule is O=S1(=O)CCC(n2nnc3c2CCNC3)CC1. The molecule has 2 aliphatic heterocycles. The van der Waals surface area contributed by atoms with E-state index in [4.69, 9.17) is 0 Å². The lowest BCUT2D eigenvalue weighted by Gasteiger charge is -2.24. The lowest BCUT2D eigenvalue weighted by atomic mass is 10.1. The van der Waals surface area contributed by atoms with Crippen molar-refractivity contribution in [2.45, 2.75) is 31.8 Å². The molecule has 0 aromatic carbocycles. The van der Waals surface area contributed by atoms with Crippen molar-refractivity contribution in [3.8, 4) is 0 Å². The first-order valence-corrected chi connectivity index (χ1v) is 7.82. The van der Waals surface area contributed by atoms with Gasteiger partial charge in [-0.15, -0.1) is 5.10 Å². The molecule has 0 unspecified atom stereocenters. The van der Waals surface area contributed by atoms with Gasteiger partial charge in [-0.05, 0) is 12.8 Å². The first-order chi connectivity index (χ1) is 8.16. The summed E-state index contributed by atoms with van der Waals surface area (Å²) in [7, 11) is -2.80. The number of nitrogens with one attached hydrogen (secondary N) is 1. The minimum atomic E-state index is -2.80. The van der Waals surface area contributed by atoms with E-state index in [2.05, 4.69) is 15.6 Å². The molecule has 3 rings (SSSR count). The first kappa shape index (κ1) is 11.2. The topological polar surface area (TPSA) is 76.9 Å². The summed E-state index contributed by atoms with van der Waals surface area (Å²) in [5.74, 6) is 0.565. The van der Waals surface area contributed by atoms with E-state index in [0.717, 1.165) is 25.2 Å². The third kappa shape index (κ3) is 2.09. The predicted molar refractivity (Wildman–Crippen MR) is 62.4 cm³/mol. The minimum Gasteiger partial charge on any atom is -0.311 e. The van der Waals surface area contributed by atoms with Crippen molar-refractivity contribution >= 4 is 9.84 Å². The van der Waals surface area contributed by atoms with Gasteiger partial charge < -0.3 is 5.32 Å². The molecule has 1 aromatic heterocycles. The molecular formula is C10H16N4O2S. The van der Waals surface area contributed by atoms with E-state index in [1.807, 2.05) is 4.68 Å². The number of nitrogens with zero attached hydrogens (tertiary/aromatic N) is 3. The van der Waals surface area contributed by atoms with Crippen molar-refractivity contribution in [2.24, 2.45) is 0 Å². The van der Waals surface area contributed by atoms with Crippen molar-refractivity contribution in [3.05, 3.63) is 11.4 Å². The largest absolute Gasteiger partial charge is 0.311 e. The Labute approximate surface area is 100 Å². The molecule has 0 saturated carbocycles. The van der Waals surface area contributed by atoms with Gasteiger partial charge in [0.15, 0.2) is 0 Å². The lowest BCUT2D eigenvalue weighted by molar-refractivity contribution is 0.390. The standard InChI is InChI=1S/C10H16N4O2S/c15-17(16)5-2-8(3-6-17)14-10-1-4-11-7-9(10)12-13-14/h8,11H,1-7H2. The van der Waals surface area contributed by atoms with E-state index in [0.29, 0.717) is 12.8 Å². The quantitative estimate of drug-likeness (QED) is 0.745. The van der Waals surface area contributed by atoms with Crippen molar-refractivity contribution in [2.75, 3.05) is 18.1 Å². The van der Waals surface area contributed by atoms with Gasteiger partial charge in [0, 0.05) is 19.5 Å². The fourth-order valence-electron chi connectivity index (χ4n) is 2.57. The summed E-state index contributed by atoms with van der Waals surface area (Å²) in [6.45, 7) is 1.73. The molecule has 6 nitrogen and oxygen atoms in total. The van der Waals surface area contributed by atoms with Crippen LogP contribution in [0.15, 0.2) is 0 Å². The van der Waals surface area contributed by atoms with Crippen molar-refractivity contribution in [1.29, 1.82) is 0 Å². The third-order valence-electron chi connectivity index (χ3n) is 3.57. The zero-order valence-corrected chi connectivity index (χ0v) is 10.4. The van der Waals surface area contributed by atoms with Crippen molar-refractivity contribution in [3.63, 3.8) is 0 Å². The number of fused-ring (bicyclic) bond motifs is 1. The van der Waals surface area contributed by atoms with Crippen LogP contribution in [-0.4, -0.2) is 41.5 Å².